The van der Waals surface area contributed by atoms with Gasteiger partial charge in [0.25, 0.3) is 17.4 Å². The molecule has 138 valence electrons. The first-order valence-electron chi connectivity index (χ1n) is 8.48. The van der Waals surface area contributed by atoms with Crippen molar-refractivity contribution in [3.8, 4) is 0 Å². The van der Waals surface area contributed by atoms with Crippen LogP contribution in [0.1, 0.15) is 21.0 Å². The summed E-state index contributed by atoms with van der Waals surface area (Å²) < 4.78 is 5.03. The van der Waals surface area contributed by atoms with Gasteiger partial charge in [0.1, 0.15) is 5.69 Å². The van der Waals surface area contributed by atoms with Crippen LogP contribution in [0, 0.1) is 0 Å². The first-order chi connectivity index (χ1) is 13.6. The largest absolute Gasteiger partial charge is 0.459 e. The van der Waals surface area contributed by atoms with Crippen LogP contribution in [0.4, 0.5) is 11.4 Å². The molecule has 4 aromatic rings. The molecule has 2 amide bonds. The van der Waals surface area contributed by atoms with E-state index in [0.717, 1.165) is 0 Å². The van der Waals surface area contributed by atoms with Gasteiger partial charge in [-0.25, -0.2) is 0 Å². The third-order valence-electron chi connectivity index (χ3n) is 4.14. The molecule has 0 aliphatic rings. The number of hydrogen-bond acceptors (Lipinski definition) is 4. The lowest BCUT2D eigenvalue weighted by atomic mass is 10.1. The van der Waals surface area contributed by atoms with Gasteiger partial charge in [-0.3, -0.25) is 14.4 Å². The summed E-state index contributed by atoms with van der Waals surface area (Å²) in [6.45, 7) is 0. The fourth-order valence-electron chi connectivity index (χ4n) is 2.77. The summed E-state index contributed by atoms with van der Waals surface area (Å²) in [5.41, 5.74) is 0.923. The van der Waals surface area contributed by atoms with Gasteiger partial charge in [-0.05, 0) is 53.9 Å². The number of anilines is 2. The molecule has 2 aromatic heterocycles. The lowest BCUT2D eigenvalue weighted by molar-refractivity contribution is 0.0994. The lowest BCUT2D eigenvalue weighted by Gasteiger charge is -2.08. The second kappa shape index (κ2) is 7.24. The Bertz CT molecular complexity index is 1210. The van der Waals surface area contributed by atoms with Crippen molar-refractivity contribution >= 4 is 34.0 Å². The topological polar surface area (TPSA) is 104 Å². The number of H-pyrrole nitrogens is 1. The quantitative estimate of drug-likeness (QED) is 0.508. The summed E-state index contributed by atoms with van der Waals surface area (Å²) in [5, 5.41) is 6.62. The number of rotatable bonds is 4. The van der Waals surface area contributed by atoms with Crippen LogP contribution in [0.3, 0.4) is 0 Å². The number of furan rings is 1. The molecule has 0 bridgehead atoms. The summed E-state index contributed by atoms with van der Waals surface area (Å²) in [4.78, 5) is 39.1. The number of hydrogen-bond donors (Lipinski definition) is 3. The highest BCUT2D eigenvalue weighted by atomic mass is 16.3. The van der Waals surface area contributed by atoms with Crippen molar-refractivity contribution in [2.75, 3.05) is 10.6 Å². The number of benzene rings is 2. The fourth-order valence-corrected chi connectivity index (χ4v) is 2.77. The van der Waals surface area contributed by atoms with E-state index in [9.17, 15) is 14.4 Å². The summed E-state index contributed by atoms with van der Waals surface area (Å²) in [7, 11) is 0. The van der Waals surface area contributed by atoms with E-state index in [2.05, 4.69) is 15.6 Å². The molecule has 0 saturated carbocycles. The lowest BCUT2D eigenvalue weighted by Crippen LogP contribution is -2.19. The minimum absolute atomic E-state index is 0.166. The highest BCUT2D eigenvalue weighted by Crippen LogP contribution is 2.16. The van der Waals surface area contributed by atoms with Gasteiger partial charge in [0.2, 0.25) is 0 Å². The van der Waals surface area contributed by atoms with Crippen molar-refractivity contribution in [1.82, 2.24) is 4.98 Å². The Kier molecular flexibility index (Phi) is 4.47. The van der Waals surface area contributed by atoms with Crippen LogP contribution >= 0.6 is 0 Å². The first kappa shape index (κ1) is 17.3. The molecule has 7 heteroatoms. The van der Waals surface area contributed by atoms with Crippen molar-refractivity contribution in [3.63, 3.8) is 0 Å². The second-order valence-electron chi connectivity index (χ2n) is 6.06. The number of fused-ring (bicyclic) bond motifs is 1. The zero-order valence-corrected chi connectivity index (χ0v) is 14.6. The smallest absolute Gasteiger partial charge is 0.291 e. The molecule has 0 radical (unpaired) electrons. The van der Waals surface area contributed by atoms with E-state index in [1.54, 1.807) is 66.7 Å². The van der Waals surface area contributed by atoms with Crippen LogP contribution in [0.25, 0.3) is 10.8 Å². The van der Waals surface area contributed by atoms with Crippen LogP contribution in [0.5, 0.6) is 0 Å². The van der Waals surface area contributed by atoms with Gasteiger partial charge in [-0.15, -0.1) is 0 Å². The van der Waals surface area contributed by atoms with E-state index in [-0.39, 0.29) is 22.9 Å². The third kappa shape index (κ3) is 3.54. The van der Waals surface area contributed by atoms with Gasteiger partial charge in [0, 0.05) is 16.8 Å². The number of nitrogens with one attached hydrogen (secondary N) is 3. The number of carbonyl (C=O) groups is 2. The van der Waals surface area contributed by atoms with E-state index in [0.29, 0.717) is 22.1 Å². The number of pyridine rings is 1. The van der Waals surface area contributed by atoms with Crippen molar-refractivity contribution in [2.24, 2.45) is 0 Å². The maximum Gasteiger partial charge on any atom is 0.291 e. The maximum absolute atomic E-state index is 12.5. The molecule has 0 saturated heterocycles. The van der Waals surface area contributed by atoms with Crippen molar-refractivity contribution in [2.45, 2.75) is 0 Å². The summed E-state index contributed by atoms with van der Waals surface area (Å²) in [6.07, 6.45) is 1.42. The summed E-state index contributed by atoms with van der Waals surface area (Å²) >= 11 is 0. The van der Waals surface area contributed by atoms with Crippen LogP contribution in [-0.4, -0.2) is 16.8 Å². The molecule has 2 aromatic carbocycles. The number of aromatic amines is 1. The first-order valence-corrected chi connectivity index (χ1v) is 8.48. The highest BCUT2D eigenvalue weighted by Gasteiger charge is 2.11. The molecule has 0 fully saturated rings. The Labute approximate surface area is 159 Å². The van der Waals surface area contributed by atoms with E-state index >= 15 is 0 Å². The van der Waals surface area contributed by atoms with Crippen LogP contribution in [-0.2, 0) is 0 Å². The standard InChI is InChI=1S/C21H15N3O4/c25-19-16-5-2-1-4-13(16)12-17(24-19)20(26)22-14-7-9-15(10-8-14)23-21(27)18-6-3-11-28-18/h1-12H,(H,22,26)(H,23,27)(H,24,25). The Morgan fingerprint density at radius 2 is 1.50 bits per heavy atom. The summed E-state index contributed by atoms with van der Waals surface area (Å²) in [5.74, 6) is -0.594. The van der Waals surface area contributed by atoms with E-state index in [1.165, 1.54) is 6.26 Å². The van der Waals surface area contributed by atoms with Gasteiger partial charge >= 0.3 is 0 Å². The minimum Gasteiger partial charge on any atom is -0.459 e. The number of aromatic nitrogens is 1. The molecular weight excluding hydrogens is 358 g/mol. The monoisotopic (exact) mass is 373 g/mol. The molecular formula is C21H15N3O4. The Balaban J connectivity index is 1.48. The van der Waals surface area contributed by atoms with Gasteiger partial charge in [-0.1, -0.05) is 18.2 Å². The van der Waals surface area contributed by atoms with Crippen molar-refractivity contribution in [1.29, 1.82) is 0 Å². The molecule has 2 heterocycles. The predicted molar refractivity (Wildman–Crippen MR) is 106 cm³/mol. The van der Waals surface area contributed by atoms with Crippen molar-refractivity contribution in [3.05, 3.63) is 94.8 Å². The van der Waals surface area contributed by atoms with Crippen LogP contribution in [0.15, 0.2) is 82.2 Å². The zero-order valence-electron chi connectivity index (χ0n) is 14.6. The maximum atomic E-state index is 12.5. The second-order valence-corrected chi connectivity index (χ2v) is 6.06. The van der Waals surface area contributed by atoms with Crippen LogP contribution < -0.4 is 16.2 Å². The minimum atomic E-state index is -0.435. The fraction of sp³-hybridized carbons (Fsp3) is 0. The predicted octanol–water partition coefficient (Wildman–Crippen LogP) is 3.63. The van der Waals surface area contributed by atoms with Gasteiger partial charge < -0.3 is 20.0 Å². The Morgan fingerprint density at radius 1 is 0.821 bits per heavy atom. The Hall–Kier alpha value is -4.13. The van der Waals surface area contributed by atoms with Gasteiger partial charge in [0.15, 0.2) is 5.76 Å². The highest BCUT2D eigenvalue weighted by molar-refractivity contribution is 6.05. The molecule has 0 aliphatic heterocycles. The van der Waals surface area contributed by atoms with Crippen molar-refractivity contribution < 1.29 is 14.0 Å². The number of amides is 2. The zero-order chi connectivity index (χ0) is 19.5. The molecule has 0 atom stereocenters. The van der Waals surface area contributed by atoms with E-state index in [1.807, 2.05) is 0 Å². The SMILES string of the molecule is O=C(Nc1ccc(NC(=O)c2ccco2)cc1)c1cc2ccccc2c(=O)[nH]1. The van der Waals surface area contributed by atoms with Gasteiger partial charge in [0.05, 0.1) is 6.26 Å². The molecule has 7 nitrogen and oxygen atoms in total. The molecule has 3 N–H and O–H groups in total. The molecule has 0 unspecified atom stereocenters. The van der Waals surface area contributed by atoms with E-state index < -0.39 is 5.91 Å². The van der Waals surface area contributed by atoms with Gasteiger partial charge in [-0.2, -0.15) is 0 Å². The summed E-state index contributed by atoms with van der Waals surface area (Å²) in [6, 6.07) is 18.5. The Morgan fingerprint density at radius 3 is 2.18 bits per heavy atom. The molecule has 4 rings (SSSR count). The normalized spacial score (nSPS) is 10.6. The molecule has 0 spiro atoms. The number of carbonyl (C=O) groups excluding carboxylic acids is 2. The molecule has 0 aliphatic carbocycles. The van der Waals surface area contributed by atoms with Crippen LogP contribution in [0.2, 0.25) is 0 Å². The molecule has 28 heavy (non-hydrogen) atoms. The third-order valence-corrected chi connectivity index (χ3v) is 4.14. The average Bonchev–Trinajstić information content (AvgIpc) is 3.24. The average molecular weight is 373 g/mol. The van der Waals surface area contributed by atoms with E-state index in [4.69, 9.17) is 4.42 Å².